The van der Waals surface area contributed by atoms with Crippen LogP contribution in [0.1, 0.15) is 52.1 Å². The Morgan fingerprint density at radius 3 is 2.17 bits per heavy atom. The van der Waals surface area contributed by atoms with E-state index in [2.05, 4.69) is 19.2 Å². The molecule has 0 bridgehead atoms. The van der Waals surface area contributed by atoms with E-state index in [-0.39, 0.29) is 28.4 Å². The maximum Gasteiger partial charge on any atom is 0.198 e. The summed E-state index contributed by atoms with van der Waals surface area (Å²) in [4.78, 5) is 25.5. The maximum atomic E-state index is 12.8. The molecule has 0 saturated carbocycles. The first-order valence-electron chi connectivity index (χ1n) is 7.79. The van der Waals surface area contributed by atoms with Crippen LogP contribution >= 0.6 is 0 Å². The van der Waals surface area contributed by atoms with Gasteiger partial charge in [0.25, 0.3) is 0 Å². The van der Waals surface area contributed by atoms with E-state index in [0.717, 1.165) is 6.42 Å². The van der Waals surface area contributed by atoms with Gasteiger partial charge in [-0.15, -0.1) is 0 Å². The number of phenols is 1. The van der Waals surface area contributed by atoms with Crippen molar-refractivity contribution in [1.82, 2.24) is 0 Å². The first-order valence-corrected chi connectivity index (χ1v) is 7.79. The molecule has 23 heavy (non-hydrogen) atoms. The molecule has 0 heterocycles. The van der Waals surface area contributed by atoms with Gasteiger partial charge in [-0.1, -0.05) is 38.1 Å². The molecule has 0 radical (unpaired) electrons. The summed E-state index contributed by atoms with van der Waals surface area (Å²) in [6.07, 6.45) is 0.953. The molecule has 0 amide bonds. The zero-order chi connectivity index (χ0) is 16.6. The van der Waals surface area contributed by atoms with Crippen molar-refractivity contribution < 1.29 is 14.7 Å². The van der Waals surface area contributed by atoms with Crippen LogP contribution in [-0.4, -0.2) is 23.2 Å². The molecule has 0 fully saturated rings. The standard InChI is InChI=1S/C19H19NO3/c1-11(2)9-10-20-14-7-8-15(21)17-16(14)18(22)12-5-3-4-6-13(12)19(17)23/h3-8,11,20-21H,9-10H2,1-2H3. The minimum atomic E-state index is -0.305. The van der Waals surface area contributed by atoms with Crippen molar-refractivity contribution in [2.45, 2.75) is 20.3 Å². The molecule has 118 valence electrons. The largest absolute Gasteiger partial charge is 0.507 e. The Morgan fingerprint density at radius 1 is 0.957 bits per heavy atom. The Bertz CT molecular complexity index is 793. The van der Waals surface area contributed by atoms with Crippen LogP contribution in [-0.2, 0) is 0 Å². The molecule has 2 N–H and O–H groups in total. The van der Waals surface area contributed by atoms with E-state index >= 15 is 0 Å². The molecule has 2 aromatic rings. The predicted octanol–water partition coefficient (Wildman–Crippen LogP) is 3.63. The lowest BCUT2D eigenvalue weighted by molar-refractivity contribution is 0.0977. The van der Waals surface area contributed by atoms with Crippen molar-refractivity contribution in [1.29, 1.82) is 0 Å². The Balaban J connectivity index is 2.08. The fraction of sp³-hybridized carbons (Fsp3) is 0.263. The molecule has 0 spiro atoms. The molecule has 1 aliphatic carbocycles. The number of rotatable bonds is 4. The van der Waals surface area contributed by atoms with Crippen LogP contribution in [0.15, 0.2) is 36.4 Å². The summed E-state index contributed by atoms with van der Waals surface area (Å²) < 4.78 is 0. The molecule has 4 heteroatoms. The average molecular weight is 309 g/mol. The summed E-state index contributed by atoms with van der Waals surface area (Å²) in [5.74, 6) is -0.144. The number of ketones is 2. The Morgan fingerprint density at radius 2 is 1.57 bits per heavy atom. The normalized spacial score (nSPS) is 13.0. The van der Waals surface area contributed by atoms with Crippen molar-refractivity contribution in [3.63, 3.8) is 0 Å². The summed E-state index contributed by atoms with van der Waals surface area (Å²) in [6.45, 7) is 4.95. The van der Waals surface area contributed by atoms with Crippen molar-refractivity contribution in [2.75, 3.05) is 11.9 Å². The van der Waals surface area contributed by atoms with Crippen molar-refractivity contribution in [3.05, 3.63) is 58.7 Å². The zero-order valence-electron chi connectivity index (χ0n) is 13.2. The van der Waals surface area contributed by atoms with E-state index in [0.29, 0.717) is 29.3 Å². The van der Waals surface area contributed by atoms with Gasteiger partial charge in [0, 0.05) is 23.4 Å². The van der Waals surface area contributed by atoms with Gasteiger partial charge in [-0.2, -0.15) is 0 Å². The molecule has 2 aromatic carbocycles. The number of carbonyl (C=O) groups is 2. The molecule has 0 aromatic heterocycles. The number of carbonyl (C=O) groups excluding carboxylic acids is 2. The third-order valence-electron chi connectivity index (χ3n) is 4.09. The third-order valence-corrected chi connectivity index (χ3v) is 4.09. The number of aromatic hydroxyl groups is 1. The van der Waals surface area contributed by atoms with Crippen molar-refractivity contribution >= 4 is 17.3 Å². The quantitative estimate of drug-likeness (QED) is 0.722. The van der Waals surface area contributed by atoms with Crippen LogP contribution < -0.4 is 5.32 Å². The smallest absolute Gasteiger partial charge is 0.198 e. The highest BCUT2D eigenvalue weighted by Gasteiger charge is 2.33. The summed E-state index contributed by atoms with van der Waals surface area (Å²) in [7, 11) is 0. The first kappa shape index (κ1) is 15.3. The van der Waals surface area contributed by atoms with Gasteiger partial charge < -0.3 is 10.4 Å². The lowest BCUT2D eigenvalue weighted by Crippen LogP contribution is -2.23. The second kappa shape index (κ2) is 5.88. The monoisotopic (exact) mass is 309 g/mol. The lowest BCUT2D eigenvalue weighted by Gasteiger charge is -2.21. The molecule has 0 saturated heterocycles. The van der Waals surface area contributed by atoms with Gasteiger partial charge >= 0.3 is 0 Å². The van der Waals surface area contributed by atoms with Gasteiger partial charge in [0.05, 0.1) is 11.1 Å². The van der Waals surface area contributed by atoms with E-state index in [4.69, 9.17) is 0 Å². The van der Waals surface area contributed by atoms with Gasteiger partial charge in [-0.3, -0.25) is 9.59 Å². The van der Waals surface area contributed by atoms with Crippen LogP contribution in [0.3, 0.4) is 0 Å². The van der Waals surface area contributed by atoms with Crippen LogP contribution in [0, 0.1) is 5.92 Å². The SMILES string of the molecule is CC(C)CCNc1ccc(O)c2c1C(=O)c1ccccc1C2=O. The molecule has 0 unspecified atom stereocenters. The van der Waals surface area contributed by atoms with Crippen LogP contribution in [0.5, 0.6) is 5.75 Å². The second-order valence-corrected chi connectivity index (χ2v) is 6.20. The average Bonchev–Trinajstić information content (AvgIpc) is 2.53. The molecular weight excluding hydrogens is 290 g/mol. The lowest BCUT2D eigenvalue weighted by atomic mass is 9.82. The van der Waals surface area contributed by atoms with Crippen LogP contribution in [0.25, 0.3) is 0 Å². The number of fused-ring (bicyclic) bond motifs is 2. The van der Waals surface area contributed by atoms with E-state index in [9.17, 15) is 14.7 Å². The highest BCUT2D eigenvalue weighted by molar-refractivity contribution is 6.31. The van der Waals surface area contributed by atoms with Gasteiger partial charge in [-0.25, -0.2) is 0 Å². The number of hydrogen-bond donors (Lipinski definition) is 2. The van der Waals surface area contributed by atoms with E-state index in [1.165, 1.54) is 6.07 Å². The Hall–Kier alpha value is -2.62. The topological polar surface area (TPSA) is 66.4 Å². The Kier molecular flexibility index (Phi) is 3.90. The third kappa shape index (κ3) is 2.61. The number of phenolic OH excluding ortho intramolecular Hbond substituents is 1. The summed E-state index contributed by atoms with van der Waals surface area (Å²) in [5, 5.41) is 13.3. The van der Waals surface area contributed by atoms with E-state index in [1.54, 1.807) is 30.3 Å². The minimum Gasteiger partial charge on any atom is -0.507 e. The van der Waals surface area contributed by atoms with E-state index < -0.39 is 0 Å². The molecule has 4 nitrogen and oxygen atoms in total. The van der Waals surface area contributed by atoms with Crippen LogP contribution in [0.4, 0.5) is 5.69 Å². The highest BCUT2D eigenvalue weighted by Crippen LogP contribution is 2.36. The number of anilines is 1. The molecule has 3 rings (SSSR count). The molecule has 0 atom stereocenters. The summed E-state index contributed by atoms with van der Waals surface area (Å²) >= 11 is 0. The predicted molar refractivity (Wildman–Crippen MR) is 89.4 cm³/mol. The van der Waals surface area contributed by atoms with Gasteiger partial charge in [0.15, 0.2) is 11.6 Å². The van der Waals surface area contributed by atoms with Crippen molar-refractivity contribution in [2.24, 2.45) is 5.92 Å². The number of hydrogen-bond acceptors (Lipinski definition) is 4. The van der Waals surface area contributed by atoms with Crippen molar-refractivity contribution in [3.8, 4) is 5.75 Å². The summed E-state index contributed by atoms with van der Waals surface area (Å²) in [6, 6.07) is 9.86. The first-order chi connectivity index (χ1) is 11.0. The second-order valence-electron chi connectivity index (χ2n) is 6.20. The molecule has 1 aliphatic rings. The Labute approximate surface area is 135 Å². The zero-order valence-corrected chi connectivity index (χ0v) is 13.2. The van der Waals surface area contributed by atoms with Gasteiger partial charge in [0.1, 0.15) is 5.75 Å². The van der Waals surface area contributed by atoms with E-state index in [1.807, 2.05) is 0 Å². The molecular formula is C19H19NO3. The number of nitrogens with one attached hydrogen (secondary N) is 1. The van der Waals surface area contributed by atoms with Crippen LogP contribution in [0.2, 0.25) is 0 Å². The van der Waals surface area contributed by atoms with Gasteiger partial charge in [-0.05, 0) is 24.5 Å². The fourth-order valence-corrected chi connectivity index (χ4v) is 2.85. The van der Waals surface area contributed by atoms with Gasteiger partial charge in [0.2, 0.25) is 0 Å². The summed E-state index contributed by atoms with van der Waals surface area (Å²) in [5.41, 5.74) is 1.72. The fourth-order valence-electron chi connectivity index (χ4n) is 2.85. The molecule has 0 aliphatic heterocycles. The minimum absolute atomic E-state index is 0.100. The number of benzene rings is 2. The highest BCUT2D eigenvalue weighted by atomic mass is 16.3. The maximum absolute atomic E-state index is 12.8.